The SMILES string of the molecule is C.C.CB(O)OCc1cc(F)ccc1OS(=O)(=O)C(F)(F)F.CC(C)OB(OCc1cc(F)ccc1OS(=O)(=O)C(F)(F)F)OC(C)C.CC1(C)COB(OCc2cc(F)ccc2I)OC1.COB(C)OCc1cc(F)ccc1OS(=O)(=O)C(F)(F)F.Fc1ccc(I)c(COB2OCCCCO2)c1.O=S(=O)(Oc1ccc(F)cc1COB1OCCO1)C(F)(F)F. The molecule has 706 valence electrons. The molecule has 58 heteroatoms. The molecule has 0 aliphatic carbocycles. The van der Waals surface area contributed by atoms with Crippen LogP contribution in [0.25, 0.3) is 0 Å². The maximum absolute atomic E-state index is 13.4. The van der Waals surface area contributed by atoms with Crippen molar-refractivity contribution in [2.45, 2.75) is 157 Å². The minimum atomic E-state index is -5.90. The first-order valence-electron chi connectivity index (χ1n) is 35.3. The van der Waals surface area contributed by atoms with Gasteiger partial charge in [-0.3, -0.25) is 0 Å². The normalized spacial score (nSPS) is 14.4. The Labute approximate surface area is 745 Å². The van der Waals surface area contributed by atoms with Gasteiger partial charge in [-0.1, -0.05) is 28.7 Å². The van der Waals surface area contributed by atoms with Crippen molar-refractivity contribution in [3.05, 3.63) is 185 Å². The lowest BCUT2D eigenvalue weighted by Crippen LogP contribution is -2.42. The number of hydrogen-bond acceptors (Lipinski definition) is 28. The van der Waals surface area contributed by atoms with Gasteiger partial charge in [0.05, 0.1) is 52.9 Å². The van der Waals surface area contributed by atoms with Crippen LogP contribution < -0.4 is 16.7 Å². The average molecular weight is 2140 g/mol. The highest BCUT2D eigenvalue weighted by Gasteiger charge is 2.52. The minimum Gasteiger partial charge on any atom is -0.427 e. The Morgan fingerprint density at radius 2 is 0.659 bits per heavy atom. The first-order chi connectivity index (χ1) is 57.3. The molecule has 0 aromatic heterocycles. The molecule has 126 heavy (non-hydrogen) atoms. The van der Waals surface area contributed by atoms with E-state index in [1.54, 1.807) is 39.8 Å². The van der Waals surface area contributed by atoms with Gasteiger partial charge >= 0.3 is 106 Å². The van der Waals surface area contributed by atoms with E-state index >= 15 is 0 Å². The van der Waals surface area contributed by atoms with Crippen LogP contribution in [0.2, 0.25) is 13.6 Å². The fourth-order valence-corrected chi connectivity index (χ4v) is 11.5. The van der Waals surface area contributed by atoms with Gasteiger partial charge in [-0.05, 0) is 220 Å². The van der Waals surface area contributed by atoms with Crippen LogP contribution in [0.15, 0.2) is 109 Å². The highest BCUT2D eigenvalue weighted by molar-refractivity contribution is 14.1. The molecule has 3 aliphatic rings. The van der Waals surface area contributed by atoms with Gasteiger partial charge in [0.2, 0.25) is 0 Å². The zero-order valence-corrected chi connectivity index (χ0v) is 73.7. The van der Waals surface area contributed by atoms with Crippen molar-refractivity contribution in [1.82, 2.24) is 0 Å². The second kappa shape index (κ2) is 53.1. The Kier molecular flexibility index (Phi) is 49.0. The maximum atomic E-state index is 13.4. The van der Waals surface area contributed by atoms with E-state index in [9.17, 15) is 113 Å². The van der Waals surface area contributed by atoms with Gasteiger partial charge in [0.1, 0.15) is 57.9 Å². The zero-order valence-electron chi connectivity index (χ0n) is 66.1. The molecule has 0 saturated carbocycles. The van der Waals surface area contributed by atoms with E-state index in [-0.39, 0.29) is 86.2 Å². The van der Waals surface area contributed by atoms with Gasteiger partial charge in [0, 0.05) is 80.6 Å². The van der Waals surface area contributed by atoms with Crippen molar-refractivity contribution in [2.75, 3.05) is 46.8 Å². The molecule has 3 aliphatic heterocycles. The van der Waals surface area contributed by atoms with Crippen LogP contribution in [0.1, 0.15) is 103 Å². The summed E-state index contributed by atoms with van der Waals surface area (Å²) >= 11 is 4.30. The first kappa shape index (κ1) is 116. The third-order valence-corrected chi connectivity index (χ3v) is 20.4. The van der Waals surface area contributed by atoms with E-state index in [4.69, 9.17) is 70.2 Å². The van der Waals surface area contributed by atoms with Gasteiger partial charge in [0.25, 0.3) is 0 Å². The summed E-state index contributed by atoms with van der Waals surface area (Å²) in [6.45, 7) is 15.3. The fourth-order valence-electron chi connectivity index (χ4n) is 8.52. The van der Waals surface area contributed by atoms with Crippen molar-refractivity contribution in [3.8, 4) is 23.0 Å². The lowest BCUT2D eigenvalue weighted by molar-refractivity contribution is -0.0505. The summed E-state index contributed by atoms with van der Waals surface area (Å²) in [5.41, 5.74) is -21.8. The van der Waals surface area contributed by atoms with Gasteiger partial charge in [-0.15, -0.1) is 0 Å². The maximum Gasteiger partial charge on any atom is 0.640 e. The summed E-state index contributed by atoms with van der Waals surface area (Å²) in [5, 5.41) is 8.88. The predicted octanol–water partition coefficient (Wildman–Crippen LogP) is 16.1. The summed E-state index contributed by atoms with van der Waals surface area (Å²) in [7, 11) is -27.7. The molecule has 3 heterocycles. The standard InChI is InChI=1S/C14H19BF4O6S.C12H15BFIO3.C11H13BFIO3.C10H9BF4O6S.C10H11BF4O5S.C9H9BF4O5S.2CH4/c1-9(2)23-15(24-10(3)4)22-8-11-7-12(16)5-6-13(11)25-26(20,21)14(17,18)19;1-12(2)7-17-13(18-8-12)16-6-9-5-10(14)3-4-11(9)15;13-10-3-4-11(14)9(7-10)8-17-12-15-5-1-2-6-16-12;12-8-1-2-9(21-22(16,17)10(13,14)15)7(5-8)6-20-11-18-3-4-19-11;1-11(18-2)19-6-7-5-8(12)3-4-9(7)20-21(16,17)10(13,14)15;1-10(15)18-5-6-4-7(11)2-3-8(6)19-20(16,17)9(12,13)14;;/h5-7,9-10H,8H2,1-4H3;3-5H,6-8H2,1-2H3;3-4,7H,1-2,5-6,8H2;1-2,5H,3-4,6H2;3-5H,6H2,1-2H3;2-4,15H,5H2,1H3;2*1H4. The van der Waals surface area contributed by atoms with Crippen molar-refractivity contribution >= 4 is 129 Å². The monoisotopic (exact) mass is 2140 g/mol. The van der Waals surface area contributed by atoms with Crippen LogP contribution in [0.3, 0.4) is 0 Å². The Morgan fingerprint density at radius 1 is 0.405 bits per heavy atom. The van der Waals surface area contributed by atoms with E-state index in [0.29, 0.717) is 33.0 Å². The quantitative estimate of drug-likeness (QED) is 0.0139. The van der Waals surface area contributed by atoms with E-state index in [1.807, 2.05) is 0 Å². The van der Waals surface area contributed by atoms with Gasteiger partial charge in [0.15, 0.2) is 0 Å². The van der Waals surface area contributed by atoms with E-state index in [1.165, 1.54) is 45.0 Å². The molecule has 0 spiro atoms. The molecule has 3 saturated heterocycles. The molecule has 0 amide bonds. The highest BCUT2D eigenvalue weighted by Crippen LogP contribution is 2.36. The number of hydrogen-bond donors (Lipinski definition) is 1. The van der Waals surface area contributed by atoms with E-state index in [2.05, 4.69) is 80.4 Å². The van der Waals surface area contributed by atoms with Crippen LogP contribution in [0, 0.1) is 47.5 Å². The number of halogens is 20. The Hall–Kier alpha value is -5.73. The van der Waals surface area contributed by atoms with Gasteiger partial charge < -0.3 is 91.6 Å². The number of rotatable bonds is 31. The molecular formula is C68H84B6F18I2O28S4. The van der Waals surface area contributed by atoms with Crippen molar-refractivity contribution < 1.29 is 204 Å². The van der Waals surface area contributed by atoms with Crippen LogP contribution in [-0.2, 0) is 150 Å². The van der Waals surface area contributed by atoms with Gasteiger partial charge in [-0.25, -0.2) is 26.3 Å². The largest absolute Gasteiger partial charge is 0.640 e. The van der Waals surface area contributed by atoms with Crippen LogP contribution in [0.4, 0.5) is 79.0 Å². The van der Waals surface area contributed by atoms with Gasteiger partial charge in [-0.2, -0.15) is 86.4 Å². The molecule has 0 bridgehead atoms. The fraction of sp³-hybridized carbons (Fsp3) is 0.471. The Bertz CT molecular complexity index is 4790. The molecular weight excluding hydrogens is 2050 g/mol. The summed E-state index contributed by atoms with van der Waals surface area (Å²) in [6.07, 6.45) is 1.37. The summed E-state index contributed by atoms with van der Waals surface area (Å²) in [6, 6.07) is 18.4. The lowest BCUT2D eigenvalue weighted by atomic mass is 9.93. The molecule has 1 N–H and O–H groups in total. The molecule has 9 rings (SSSR count). The number of benzene rings is 6. The summed E-state index contributed by atoms with van der Waals surface area (Å²) in [4.78, 5) is 0. The second-order valence-corrected chi connectivity index (χ2v) is 34.7. The molecule has 0 unspecified atom stereocenters. The molecule has 0 atom stereocenters. The third-order valence-electron chi connectivity index (χ3n) is 14.4. The van der Waals surface area contributed by atoms with Crippen molar-refractivity contribution in [3.63, 3.8) is 0 Å². The predicted molar refractivity (Wildman–Crippen MR) is 435 cm³/mol. The molecule has 3 fully saturated rings. The van der Waals surface area contributed by atoms with Crippen molar-refractivity contribution in [2.24, 2.45) is 5.41 Å². The van der Waals surface area contributed by atoms with E-state index < -0.39 is 179 Å². The molecule has 6 aromatic carbocycles. The highest BCUT2D eigenvalue weighted by atomic mass is 127. The van der Waals surface area contributed by atoms with Crippen LogP contribution >= 0.6 is 45.2 Å². The first-order valence-corrected chi connectivity index (χ1v) is 43.1. The Balaban J connectivity index is 0.000000513. The van der Waals surface area contributed by atoms with Crippen LogP contribution in [0.5, 0.6) is 23.0 Å². The Morgan fingerprint density at radius 3 is 0.944 bits per heavy atom. The molecule has 28 nitrogen and oxygen atoms in total. The van der Waals surface area contributed by atoms with Crippen molar-refractivity contribution in [1.29, 1.82) is 0 Å². The number of alkyl halides is 12. The summed E-state index contributed by atoms with van der Waals surface area (Å²) < 4.78 is 410. The molecule has 6 aromatic rings. The average Bonchev–Trinajstić information content (AvgIpc) is 0.961. The zero-order chi connectivity index (χ0) is 93.6. The van der Waals surface area contributed by atoms with Crippen LogP contribution in [-0.4, -0.2) is 163 Å². The summed E-state index contributed by atoms with van der Waals surface area (Å²) in [5.74, 6) is -6.56. The lowest BCUT2D eigenvalue weighted by Gasteiger charge is -2.32. The smallest absolute Gasteiger partial charge is 0.427 e. The van der Waals surface area contributed by atoms with E-state index in [0.717, 1.165) is 104 Å². The minimum absolute atomic E-state index is 0. The topological polar surface area (TPSA) is 332 Å². The third kappa shape index (κ3) is 42.2. The molecule has 0 radical (unpaired) electrons. The second-order valence-electron chi connectivity index (χ2n) is 26.2.